The Hall–Kier alpha value is -3.26. The molecule has 24 heavy (non-hydrogen) atoms. The van der Waals surface area contributed by atoms with Crippen LogP contribution in [-0.2, 0) is 0 Å². The smallest absolute Gasteiger partial charge is 0.337 e. The molecule has 0 bridgehead atoms. The van der Waals surface area contributed by atoms with Gasteiger partial charge in [0.1, 0.15) is 17.2 Å². The number of hydrogen-bond donors (Lipinski definition) is 3. The monoisotopic (exact) mass is 337 g/mol. The third-order valence-electron chi connectivity index (χ3n) is 3.43. The van der Waals surface area contributed by atoms with Crippen LogP contribution in [0.4, 0.5) is 5.82 Å². The number of hydrogen-bond acceptors (Lipinski definition) is 5. The summed E-state index contributed by atoms with van der Waals surface area (Å²) in [6, 6.07) is 10.8. The van der Waals surface area contributed by atoms with Crippen molar-refractivity contribution < 1.29 is 4.79 Å². The zero-order chi connectivity index (χ0) is 16.5. The summed E-state index contributed by atoms with van der Waals surface area (Å²) in [5, 5.41) is 4.62. The summed E-state index contributed by atoms with van der Waals surface area (Å²) in [5.74, 6) is 0.648. The van der Waals surface area contributed by atoms with E-state index < -0.39 is 5.69 Å². The van der Waals surface area contributed by atoms with Crippen molar-refractivity contribution in [2.24, 2.45) is 0 Å². The maximum Gasteiger partial charge on any atom is 0.346 e. The fourth-order valence-corrected chi connectivity index (χ4v) is 3.05. The van der Waals surface area contributed by atoms with Crippen molar-refractivity contribution in [2.75, 3.05) is 5.32 Å². The van der Waals surface area contributed by atoms with Crippen LogP contribution < -0.4 is 11.0 Å². The first-order valence-corrected chi connectivity index (χ1v) is 7.98. The first-order chi connectivity index (χ1) is 11.7. The Labute approximate surface area is 139 Å². The molecular weight excluding hydrogens is 326 g/mol. The zero-order valence-electron chi connectivity index (χ0n) is 12.2. The van der Waals surface area contributed by atoms with Crippen LogP contribution >= 0.6 is 11.3 Å². The molecule has 0 spiro atoms. The summed E-state index contributed by atoms with van der Waals surface area (Å²) in [5.41, 5.74) is 1.25. The van der Waals surface area contributed by atoms with Gasteiger partial charge in [-0.3, -0.25) is 9.78 Å². The molecule has 118 valence electrons. The topological polar surface area (TPSA) is 104 Å². The van der Waals surface area contributed by atoms with Gasteiger partial charge < -0.3 is 10.3 Å². The molecule has 0 saturated heterocycles. The molecule has 0 fully saturated rings. The Bertz CT molecular complexity index is 1080. The number of carbonyl (C=O) groups excluding carboxylic acids is 1. The van der Waals surface area contributed by atoms with Gasteiger partial charge >= 0.3 is 5.69 Å². The van der Waals surface area contributed by atoms with Gasteiger partial charge in [0.05, 0.1) is 16.0 Å². The second kappa shape index (κ2) is 5.74. The van der Waals surface area contributed by atoms with Gasteiger partial charge in [-0.05, 0) is 29.6 Å². The average Bonchev–Trinajstić information content (AvgIpc) is 3.23. The fourth-order valence-electron chi connectivity index (χ4n) is 2.38. The van der Waals surface area contributed by atoms with Gasteiger partial charge in [0, 0.05) is 6.20 Å². The lowest BCUT2D eigenvalue weighted by Crippen LogP contribution is -2.17. The van der Waals surface area contributed by atoms with Gasteiger partial charge in [0.15, 0.2) is 0 Å². The van der Waals surface area contributed by atoms with Gasteiger partial charge in [-0.25, -0.2) is 14.8 Å². The number of anilines is 1. The summed E-state index contributed by atoms with van der Waals surface area (Å²) in [7, 11) is 0. The zero-order valence-corrected chi connectivity index (χ0v) is 13.1. The van der Waals surface area contributed by atoms with Gasteiger partial charge in [-0.15, -0.1) is 11.3 Å². The minimum Gasteiger partial charge on any atom is -0.337 e. The number of H-pyrrole nitrogens is 2. The van der Waals surface area contributed by atoms with Crippen LogP contribution in [0.5, 0.6) is 0 Å². The van der Waals surface area contributed by atoms with Crippen LogP contribution in [-0.4, -0.2) is 25.8 Å². The van der Waals surface area contributed by atoms with Crippen LogP contribution in [0.3, 0.4) is 0 Å². The number of aromatic amines is 2. The van der Waals surface area contributed by atoms with Crippen molar-refractivity contribution in [2.45, 2.75) is 0 Å². The minimum atomic E-state index is -0.522. The van der Waals surface area contributed by atoms with Gasteiger partial charge in [0.25, 0.3) is 5.91 Å². The Kier molecular flexibility index (Phi) is 3.43. The molecule has 4 rings (SSSR count). The number of thiophene rings is 1. The summed E-state index contributed by atoms with van der Waals surface area (Å²) in [4.78, 5) is 38.5. The van der Waals surface area contributed by atoms with E-state index in [2.05, 4.69) is 25.3 Å². The van der Waals surface area contributed by atoms with Crippen molar-refractivity contribution in [1.82, 2.24) is 19.9 Å². The normalized spacial score (nSPS) is 10.8. The van der Waals surface area contributed by atoms with Crippen molar-refractivity contribution in [3.8, 4) is 10.7 Å². The van der Waals surface area contributed by atoms with Crippen molar-refractivity contribution in [3.63, 3.8) is 0 Å². The standard InChI is InChI=1S/C16H11N5O2S/c22-15(19-12-6-7-17-16(23)20-12)9-3-1-4-10-13(9)21-14(18-10)11-5-2-8-24-11/h1-8H,(H,18,21)(H2,17,19,20,22,23). The number of aromatic nitrogens is 4. The number of benzene rings is 1. The molecule has 0 unspecified atom stereocenters. The van der Waals surface area contributed by atoms with E-state index in [1.165, 1.54) is 12.3 Å². The largest absolute Gasteiger partial charge is 0.346 e. The van der Waals surface area contributed by atoms with E-state index in [1.54, 1.807) is 23.5 Å². The van der Waals surface area contributed by atoms with Crippen LogP contribution in [0.25, 0.3) is 21.7 Å². The number of amides is 1. The van der Waals surface area contributed by atoms with Gasteiger partial charge in [-0.2, -0.15) is 0 Å². The average molecular weight is 337 g/mol. The predicted molar refractivity (Wildman–Crippen MR) is 92.2 cm³/mol. The van der Waals surface area contributed by atoms with Crippen molar-refractivity contribution in [3.05, 3.63) is 64.0 Å². The Morgan fingerprint density at radius 1 is 1.12 bits per heavy atom. The molecule has 8 heteroatoms. The van der Waals surface area contributed by atoms with E-state index in [-0.39, 0.29) is 11.7 Å². The highest BCUT2D eigenvalue weighted by Gasteiger charge is 2.15. The number of fused-ring (bicyclic) bond motifs is 1. The van der Waals surface area contributed by atoms with E-state index in [1.807, 2.05) is 23.6 Å². The van der Waals surface area contributed by atoms with E-state index in [9.17, 15) is 9.59 Å². The van der Waals surface area contributed by atoms with Crippen molar-refractivity contribution >= 4 is 34.1 Å². The molecule has 3 aromatic heterocycles. The van der Waals surface area contributed by atoms with Gasteiger partial charge in [-0.1, -0.05) is 12.1 Å². The number of imidazole rings is 1. The first kappa shape index (κ1) is 14.3. The maximum absolute atomic E-state index is 12.5. The third kappa shape index (κ3) is 2.59. The maximum atomic E-state index is 12.5. The van der Waals surface area contributed by atoms with Crippen LogP contribution in [0.15, 0.2) is 52.8 Å². The molecule has 3 N–H and O–H groups in total. The highest BCUT2D eigenvalue weighted by atomic mass is 32.1. The summed E-state index contributed by atoms with van der Waals surface area (Å²) < 4.78 is 0. The molecule has 0 aliphatic rings. The lowest BCUT2D eigenvalue weighted by molar-refractivity contribution is 0.102. The number of para-hydroxylation sites is 1. The molecule has 0 aliphatic carbocycles. The molecular formula is C16H11N5O2S. The van der Waals surface area contributed by atoms with E-state index in [4.69, 9.17) is 0 Å². The number of carbonyl (C=O) groups is 1. The second-order valence-corrected chi connectivity index (χ2v) is 5.95. The Morgan fingerprint density at radius 3 is 2.83 bits per heavy atom. The van der Waals surface area contributed by atoms with Crippen molar-refractivity contribution in [1.29, 1.82) is 0 Å². The highest BCUT2D eigenvalue weighted by molar-refractivity contribution is 7.13. The van der Waals surface area contributed by atoms with Crippen LogP contribution in [0.2, 0.25) is 0 Å². The lowest BCUT2D eigenvalue weighted by Gasteiger charge is -2.04. The molecule has 3 heterocycles. The Morgan fingerprint density at radius 2 is 2.04 bits per heavy atom. The van der Waals surface area contributed by atoms with Crippen LogP contribution in [0.1, 0.15) is 10.4 Å². The summed E-state index contributed by atoms with van der Waals surface area (Å²) in [6.07, 6.45) is 1.33. The fraction of sp³-hybridized carbons (Fsp3) is 0. The molecule has 1 aromatic carbocycles. The third-order valence-corrected chi connectivity index (χ3v) is 4.31. The quantitative estimate of drug-likeness (QED) is 0.534. The number of nitrogens with zero attached hydrogens (tertiary/aromatic N) is 2. The number of rotatable bonds is 3. The molecule has 0 radical (unpaired) electrons. The highest BCUT2D eigenvalue weighted by Crippen LogP contribution is 2.26. The van der Waals surface area contributed by atoms with E-state index in [0.717, 1.165) is 16.2 Å². The molecule has 0 atom stereocenters. The second-order valence-electron chi connectivity index (χ2n) is 5.01. The molecule has 0 aliphatic heterocycles. The van der Waals surface area contributed by atoms with Crippen LogP contribution in [0, 0.1) is 0 Å². The molecule has 0 saturated carbocycles. The minimum absolute atomic E-state index is 0.283. The number of nitrogens with one attached hydrogen (secondary N) is 3. The van der Waals surface area contributed by atoms with E-state index in [0.29, 0.717) is 11.1 Å². The van der Waals surface area contributed by atoms with Gasteiger partial charge in [0.2, 0.25) is 0 Å². The predicted octanol–water partition coefficient (Wildman–Crippen LogP) is 2.63. The SMILES string of the molecule is O=C(Nc1ccnc(=O)[nH]1)c1cccc2[nH]c(-c3cccs3)nc12. The molecule has 1 amide bonds. The Balaban J connectivity index is 1.73. The lowest BCUT2D eigenvalue weighted by atomic mass is 10.1. The van der Waals surface area contributed by atoms with E-state index >= 15 is 0 Å². The molecule has 4 aromatic rings. The summed E-state index contributed by atoms with van der Waals surface area (Å²) >= 11 is 1.57. The summed E-state index contributed by atoms with van der Waals surface area (Å²) in [6.45, 7) is 0. The first-order valence-electron chi connectivity index (χ1n) is 7.10. The molecule has 7 nitrogen and oxygen atoms in total.